The number of hydroxylamine groups is 2. The molecule has 1 aromatic carbocycles. The molecule has 0 amide bonds. The van der Waals surface area contributed by atoms with Crippen LogP contribution in [0.5, 0.6) is 0 Å². The van der Waals surface area contributed by atoms with E-state index in [4.69, 9.17) is 0 Å². The third-order valence-electron chi connectivity index (χ3n) is 4.20. The molecule has 0 bridgehead atoms. The molecule has 1 saturated heterocycles. The van der Waals surface area contributed by atoms with Gasteiger partial charge in [-0.1, -0.05) is 18.2 Å². The Balaban J connectivity index is 1.81. The molecule has 98 valence electrons. The van der Waals surface area contributed by atoms with Gasteiger partial charge in [-0.15, -0.1) is 0 Å². The number of sulfone groups is 1. The lowest BCUT2D eigenvalue weighted by Crippen LogP contribution is -2.23. The second-order valence-electron chi connectivity index (χ2n) is 5.34. The van der Waals surface area contributed by atoms with E-state index < -0.39 is 9.84 Å². The van der Waals surface area contributed by atoms with E-state index in [0.717, 1.165) is 0 Å². The highest BCUT2D eigenvalue weighted by Gasteiger charge is 2.45. The van der Waals surface area contributed by atoms with Crippen LogP contribution >= 0.6 is 0 Å². The molecule has 3 rings (SSSR count). The minimum atomic E-state index is -3.20. The smallest absolute Gasteiger partial charge is 0.181 e. The Kier molecular flexibility index (Phi) is 2.92. The molecule has 5 heteroatoms. The number of rotatable bonds is 2. The van der Waals surface area contributed by atoms with E-state index in [-0.39, 0.29) is 5.25 Å². The Bertz CT molecular complexity index is 514. The van der Waals surface area contributed by atoms with Gasteiger partial charge in [-0.3, -0.25) is 0 Å². The van der Waals surface area contributed by atoms with Crippen LogP contribution in [0.4, 0.5) is 0 Å². The van der Waals surface area contributed by atoms with Gasteiger partial charge in [0.15, 0.2) is 9.84 Å². The predicted molar refractivity (Wildman–Crippen MR) is 67.0 cm³/mol. The van der Waals surface area contributed by atoms with Crippen molar-refractivity contribution in [1.82, 2.24) is 5.06 Å². The van der Waals surface area contributed by atoms with Crippen LogP contribution < -0.4 is 0 Å². The van der Waals surface area contributed by atoms with Gasteiger partial charge in [0.05, 0.1) is 10.1 Å². The maximum Gasteiger partial charge on any atom is 0.181 e. The summed E-state index contributed by atoms with van der Waals surface area (Å²) in [7, 11) is -3.20. The average molecular weight is 267 g/mol. The molecule has 1 aliphatic carbocycles. The molecule has 0 spiro atoms. The maximum atomic E-state index is 12.5. The van der Waals surface area contributed by atoms with Crippen LogP contribution in [0.2, 0.25) is 0 Å². The van der Waals surface area contributed by atoms with E-state index in [2.05, 4.69) is 0 Å². The van der Waals surface area contributed by atoms with E-state index in [0.29, 0.717) is 42.7 Å². The van der Waals surface area contributed by atoms with E-state index in [1.54, 1.807) is 24.3 Å². The summed E-state index contributed by atoms with van der Waals surface area (Å²) in [5.74, 6) is 0.664. The minimum Gasteiger partial charge on any atom is -0.314 e. The highest BCUT2D eigenvalue weighted by Crippen LogP contribution is 2.41. The van der Waals surface area contributed by atoms with Crippen molar-refractivity contribution in [2.75, 3.05) is 13.1 Å². The van der Waals surface area contributed by atoms with Crippen molar-refractivity contribution in [3.05, 3.63) is 30.3 Å². The number of nitrogens with zero attached hydrogens (tertiary/aromatic N) is 1. The largest absolute Gasteiger partial charge is 0.314 e. The highest BCUT2D eigenvalue weighted by molar-refractivity contribution is 7.92. The van der Waals surface area contributed by atoms with E-state index >= 15 is 0 Å². The van der Waals surface area contributed by atoms with Gasteiger partial charge in [-0.25, -0.2) is 8.42 Å². The summed E-state index contributed by atoms with van der Waals surface area (Å²) >= 11 is 0. The number of benzene rings is 1. The molecule has 1 N–H and O–H groups in total. The third-order valence-corrected chi connectivity index (χ3v) is 6.39. The molecular formula is C13H17NO3S. The zero-order chi connectivity index (χ0) is 12.8. The predicted octanol–water partition coefficient (Wildman–Crippen LogP) is 1.56. The first-order chi connectivity index (χ1) is 8.57. The Hall–Kier alpha value is -0.910. The fourth-order valence-corrected chi connectivity index (χ4v) is 5.20. The quantitative estimate of drug-likeness (QED) is 0.883. The lowest BCUT2D eigenvalue weighted by atomic mass is 10.0. The molecule has 4 nitrogen and oxygen atoms in total. The summed E-state index contributed by atoms with van der Waals surface area (Å²) in [5.41, 5.74) is 0. The molecule has 3 atom stereocenters. The molecule has 2 fully saturated rings. The highest BCUT2D eigenvalue weighted by atomic mass is 32.2. The summed E-state index contributed by atoms with van der Waals surface area (Å²) < 4.78 is 24.9. The molecule has 1 aliphatic heterocycles. The lowest BCUT2D eigenvalue weighted by Gasteiger charge is -2.14. The Morgan fingerprint density at radius 2 is 1.61 bits per heavy atom. The number of hydrogen-bond donors (Lipinski definition) is 1. The molecule has 1 unspecified atom stereocenters. The van der Waals surface area contributed by atoms with Crippen molar-refractivity contribution in [1.29, 1.82) is 0 Å². The second kappa shape index (κ2) is 4.33. The molecule has 1 aromatic rings. The fourth-order valence-electron chi connectivity index (χ4n) is 3.28. The number of fused-ring (bicyclic) bond motifs is 1. The van der Waals surface area contributed by atoms with E-state index in [9.17, 15) is 13.6 Å². The van der Waals surface area contributed by atoms with Crippen molar-refractivity contribution in [3.63, 3.8) is 0 Å². The average Bonchev–Trinajstić information content (AvgIpc) is 2.87. The molecule has 0 aromatic heterocycles. The molecular weight excluding hydrogens is 250 g/mol. The van der Waals surface area contributed by atoms with Crippen LogP contribution in [0.15, 0.2) is 35.2 Å². The number of hydrogen-bond acceptors (Lipinski definition) is 4. The fraction of sp³-hybridized carbons (Fsp3) is 0.538. The van der Waals surface area contributed by atoms with E-state index in [1.807, 2.05) is 6.07 Å². The van der Waals surface area contributed by atoms with E-state index in [1.165, 1.54) is 5.06 Å². The van der Waals surface area contributed by atoms with Crippen LogP contribution in [0.1, 0.15) is 12.8 Å². The minimum absolute atomic E-state index is 0.274. The van der Waals surface area contributed by atoms with Gasteiger partial charge < -0.3 is 5.21 Å². The van der Waals surface area contributed by atoms with Crippen LogP contribution in [0, 0.1) is 11.8 Å². The summed E-state index contributed by atoms with van der Waals surface area (Å²) in [6.07, 6.45) is 1.36. The Morgan fingerprint density at radius 1 is 1.06 bits per heavy atom. The summed E-state index contributed by atoms with van der Waals surface area (Å²) in [6.45, 7) is 1.23. The standard InChI is InChI=1S/C13H17NO3S/c15-14-8-10-6-13(7-11(10)9-14)18(16,17)12-4-2-1-3-5-12/h1-5,10-11,13,15H,6-9H2/t10-,11?,13+/m0/s1. The molecule has 1 saturated carbocycles. The zero-order valence-electron chi connectivity index (χ0n) is 10.1. The van der Waals surface area contributed by atoms with Crippen molar-refractivity contribution in [3.8, 4) is 0 Å². The lowest BCUT2D eigenvalue weighted by molar-refractivity contribution is -0.0749. The molecule has 0 radical (unpaired) electrons. The third kappa shape index (κ3) is 1.96. The van der Waals surface area contributed by atoms with Gasteiger partial charge in [-0.05, 0) is 36.8 Å². The first kappa shape index (κ1) is 12.1. The van der Waals surface area contributed by atoms with Crippen molar-refractivity contribution in [2.24, 2.45) is 11.8 Å². The van der Waals surface area contributed by atoms with Crippen LogP contribution in [-0.2, 0) is 9.84 Å². The second-order valence-corrected chi connectivity index (χ2v) is 7.57. The molecule has 2 aliphatic rings. The summed E-state index contributed by atoms with van der Waals surface area (Å²) in [4.78, 5) is 0.427. The van der Waals surface area contributed by atoms with Crippen molar-refractivity contribution < 1.29 is 13.6 Å². The van der Waals surface area contributed by atoms with Gasteiger partial charge in [0, 0.05) is 13.1 Å². The maximum absolute atomic E-state index is 12.5. The van der Waals surface area contributed by atoms with Crippen LogP contribution in [-0.4, -0.2) is 37.0 Å². The first-order valence-electron chi connectivity index (χ1n) is 6.30. The van der Waals surface area contributed by atoms with Gasteiger partial charge in [0.25, 0.3) is 0 Å². The SMILES string of the molecule is O=S(=O)(c1ccccc1)[C@H]1CC2CN(O)C[C@@H]2C1. The Labute approximate surface area is 107 Å². The van der Waals surface area contributed by atoms with Gasteiger partial charge in [-0.2, -0.15) is 5.06 Å². The van der Waals surface area contributed by atoms with Gasteiger partial charge in [0.2, 0.25) is 0 Å². The topological polar surface area (TPSA) is 57.6 Å². The zero-order valence-corrected chi connectivity index (χ0v) is 10.9. The summed E-state index contributed by atoms with van der Waals surface area (Å²) in [5, 5.41) is 10.5. The van der Waals surface area contributed by atoms with Crippen LogP contribution in [0.3, 0.4) is 0 Å². The molecule has 1 heterocycles. The van der Waals surface area contributed by atoms with Crippen LogP contribution in [0.25, 0.3) is 0 Å². The van der Waals surface area contributed by atoms with Gasteiger partial charge >= 0.3 is 0 Å². The normalized spacial score (nSPS) is 32.6. The summed E-state index contributed by atoms with van der Waals surface area (Å²) in [6, 6.07) is 8.69. The Morgan fingerprint density at radius 3 is 2.17 bits per heavy atom. The van der Waals surface area contributed by atoms with Crippen molar-refractivity contribution >= 4 is 9.84 Å². The first-order valence-corrected chi connectivity index (χ1v) is 7.85. The molecule has 18 heavy (non-hydrogen) atoms. The van der Waals surface area contributed by atoms with Gasteiger partial charge in [0.1, 0.15) is 0 Å². The van der Waals surface area contributed by atoms with Crippen molar-refractivity contribution in [2.45, 2.75) is 23.0 Å². The monoisotopic (exact) mass is 267 g/mol.